The highest BCUT2D eigenvalue weighted by Gasteiger charge is 2.17. The molecule has 0 fully saturated rings. The molecule has 112 valence electrons. The van der Waals surface area contributed by atoms with Crippen LogP contribution in [0.5, 0.6) is 0 Å². The zero-order chi connectivity index (χ0) is 15.8. The number of nitrogens with one attached hydrogen (secondary N) is 1. The van der Waals surface area contributed by atoms with Crippen molar-refractivity contribution in [1.82, 2.24) is 0 Å². The Labute approximate surface area is 123 Å². The molecule has 0 saturated heterocycles. The van der Waals surface area contributed by atoms with Crippen molar-refractivity contribution in [3.63, 3.8) is 0 Å². The Morgan fingerprint density at radius 3 is 2.29 bits per heavy atom. The number of rotatable bonds is 3. The molecular formula is C15H17FN2O2S. The summed E-state index contributed by atoms with van der Waals surface area (Å²) in [4.78, 5) is -0.121. The minimum atomic E-state index is -3.85. The van der Waals surface area contributed by atoms with Gasteiger partial charge in [-0.2, -0.15) is 0 Å². The van der Waals surface area contributed by atoms with Gasteiger partial charge in [-0.25, -0.2) is 12.8 Å². The Bertz CT molecular complexity index is 802. The number of nitrogen functional groups attached to an aromatic ring is 1. The Hall–Kier alpha value is -2.08. The highest BCUT2D eigenvalue weighted by molar-refractivity contribution is 7.92. The number of anilines is 2. The molecule has 0 amide bonds. The molecule has 2 aromatic carbocycles. The van der Waals surface area contributed by atoms with Gasteiger partial charge < -0.3 is 5.73 Å². The van der Waals surface area contributed by atoms with Crippen LogP contribution in [0.1, 0.15) is 16.7 Å². The monoisotopic (exact) mass is 308 g/mol. The zero-order valence-electron chi connectivity index (χ0n) is 12.1. The molecule has 0 aliphatic heterocycles. The molecule has 0 heterocycles. The first-order chi connectivity index (χ1) is 9.72. The van der Waals surface area contributed by atoms with E-state index in [0.717, 1.165) is 11.6 Å². The molecule has 21 heavy (non-hydrogen) atoms. The minimum Gasteiger partial charge on any atom is -0.398 e. The summed E-state index contributed by atoms with van der Waals surface area (Å²) in [5, 5.41) is 0. The average molecular weight is 308 g/mol. The van der Waals surface area contributed by atoms with Gasteiger partial charge in [0.1, 0.15) is 5.82 Å². The molecule has 2 aromatic rings. The van der Waals surface area contributed by atoms with Crippen LogP contribution >= 0.6 is 0 Å². The topological polar surface area (TPSA) is 72.2 Å². The number of sulfonamides is 1. The van der Waals surface area contributed by atoms with E-state index in [2.05, 4.69) is 4.72 Å². The van der Waals surface area contributed by atoms with E-state index in [1.807, 2.05) is 6.92 Å². The second kappa shape index (κ2) is 5.37. The summed E-state index contributed by atoms with van der Waals surface area (Å²) in [5.74, 6) is -0.557. The first-order valence-corrected chi connectivity index (χ1v) is 7.85. The third-order valence-electron chi connectivity index (χ3n) is 3.43. The van der Waals surface area contributed by atoms with Gasteiger partial charge in [0, 0.05) is 5.69 Å². The van der Waals surface area contributed by atoms with Gasteiger partial charge in [0.15, 0.2) is 0 Å². The van der Waals surface area contributed by atoms with E-state index in [1.165, 1.54) is 12.1 Å². The van der Waals surface area contributed by atoms with E-state index in [1.54, 1.807) is 26.0 Å². The van der Waals surface area contributed by atoms with Crippen molar-refractivity contribution in [2.75, 3.05) is 10.5 Å². The number of benzene rings is 2. The van der Waals surface area contributed by atoms with E-state index in [4.69, 9.17) is 5.73 Å². The molecule has 6 heteroatoms. The lowest BCUT2D eigenvalue weighted by atomic mass is 10.1. The quantitative estimate of drug-likeness (QED) is 0.856. The zero-order valence-corrected chi connectivity index (χ0v) is 12.9. The van der Waals surface area contributed by atoms with E-state index >= 15 is 0 Å². The molecular weight excluding hydrogens is 291 g/mol. The first-order valence-electron chi connectivity index (χ1n) is 6.37. The maximum absolute atomic E-state index is 13.5. The Balaban J connectivity index is 2.42. The predicted molar refractivity (Wildman–Crippen MR) is 82.3 cm³/mol. The van der Waals surface area contributed by atoms with E-state index < -0.39 is 15.8 Å². The number of halogens is 1. The van der Waals surface area contributed by atoms with Gasteiger partial charge in [0.2, 0.25) is 0 Å². The molecule has 0 aromatic heterocycles. The van der Waals surface area contributed by atoms with Crippen molar-refractivity contribution >= 4 is 21.4 Å². The predicted octanol–water partition coefficient (Wildman–Crippen LogP) is 3.13. The van der Waals surface area contributed by atoms with Crippen molar-refractivity contribution in [2.45, 2.75) is 25.7 Å². The minimum absolute atomic E-state index is 0.121. The van der Waals surface area contributed by atoms with Gasteiger partial charge >= 0.3 is 0 Å². The van der Waals surface area contributed by atoms with Crippen molar-refractivity contribution in [3.8, 4) is 0 Å². The Morgan fingerprint density at radius 1 is 1.05 bits per heavy atom. The van der Waals surface area contributed by atoms with Crippen molar-refractivity contribution in [3.05, 3.63) is 52.8 Å². The summed E-state index contributed by atoms with van der Waals surface area (Å²) in [6.07, 6.45) is 0. The van der Waals surface area contributed by atoms with Gasteiger partial charge in [0.25, 0.3) is 10.0 Å². The fraction of sp³-hybridized carbons (Fsp3) is 0.200. The molecule has 0 spiro atoms. The van der Waals surface area contributed by atoms with Crippen molar-refractivity contribution in [1.29, 1.82) is 0 Å². The summed E-state index contributed by atoms with van der Waals surface area (Å²) in [5.41, 5.74) is 8.72. The molecule has 0 aliphatic rings. The molecule has 0 unspecified atom stereocenters. The second-order valence-electron chi connectivity index (χ2n) is 4.99. The van der Waals surface area contributed by atoms with Crippen LogP contribution in [0.2, 0.25) is 0 Å². The van der Waals surface area contributed by atoms with Crippen LogP contribution in [-0.2, 0) is 10.0 Å². The first kappa shape index (κ1) is 15.3. The lowest BCUT2D eigenvalue weighted by Gasteiger charge is -2.14. The summed E-state index contributed by atoms with van der Waals surface area (Å²) < 4.78 is 40.6. The smallest absolute Gasteiger partial charge is 0.262 e. The molecule has 0 atom stereocenters. The van der Waals surface area contributed by atoms with Crippen molar-refractivity contribution in [2.24, 2.45) is 0 Å². The van der Waals surface area contributed by atoms with Gasteiger partial charge in [-0.3, -0.25) is 4.72 Å². The van der Waals surface area contributed by atoms with Crippen LogP contribution in [0.3, 0.4) is 0 Å². The van der Waals surface area contributed by atoms with E-state index in [0.29, 0.717) is 22.5 Å². The Morgan fingerprint density at radius 2 is 1.67 bits per heavy atom. The van der Waals surface area contributed by atoms with Crippen LogP contribution in [0.15, 0.2) is 35.2 Å². The third-order valence-corrected chi connectivity index (χ3v) is 4.79. The number of aryl methyl sites for hydroxylation is 2. The van der Waals surface area contributed by atoms with E-state index in [9.17, 15) is 12.8 Å². The van der Waals surface area contributed by atoms with Gasteiger partial charge in [-0.05, 0) is 55.7 Å². The maximum Gasteiger partial charge on any atom is 0.262 e. The van der Waals surface area contributed by atoms with E-state index in [-0.39, 0.29) is 4.90 Å². The summed E-state index contributed by atoms with van der Waals surface area (Å²) in [6.45, 7) is 5.15. The van der Waals surface area contributed by atoms with Crippen LogP contribution in [0, 0.1) is 26.6 Å². The average Bonchev–Trinajstić information content (AvgIpc) is 2.42. The van der Waals surface area contributed by atoms with Crippen LogP contribution in [-0.4, -0.2) is 8.42 Å². The normalized spacial score (nSPS) is 11.4. The molecule has 0 saturated carbocycles. The number of hydrogen-bond donors (Lipinski definition) is 2. The highest BCUT2D eigenvalue weighted by Crippen LogP contribution is 2.27. The lowest BCUT2D eigenvalue weighted by Crippen LogP contribution is -2.14. The van der Waals surface area contributed by atoms with Crippen LogP contribution < -0.4 is 10.5 Å². The molecule has 3 N–H and O–H groups in total. The van der Waals surface area contributed by atoms with Crippen LogP contribution in [0.4, 0.5) is 15.8 Å². The van der Waals surface area contributed by atoms with Gasteiger partial charge in [0.05, 0.1) is 10.6 Å². The van der Waals surface area contributed by atoms with Gasteiger partial charge in [-0.1, -0.05) is 12.1 Å². The largest absolute Gasteiger partial charge is 0.398 e. The Kier molecular flexibility index (Phi) is 3.91. The van der Waals surface area contributed by atoms with Crippen LogP contribution in [0.25, 0.3) is 0 Å². The third kappa shape index (κ3) is 3.00. The molecule has 2 rings (SSSR count). The SMILES string of the molecule is Cc1ccc(S(=O)(=O)Nc2ccc(C)c(N)c2C)cc1F. The summed E-state index contributed by atoms with van der Waals surface area (Å²) in [7, 11) is -3.85. The number of nitrogens with two attached hydrogens (primary N) is 1. The van der Waals surface area contributed by atoms with Gasteiger partial charge in [-0.15, -0.1) is 0 Å². The second-order valence-corrected chi connectivity index (χ2v) is 6.67. The summed E-state index contributed by atoms with van der Waals surface area (Å²) in [6, 6.07) is 7.18. The molecule has 0 radical (unpaired) electrons. The molecule has 0 bridgehead atoms. The summed E-state index contributed by atoms with van der Waals surface area (Å²) >= 11 is 0. The fourth-order valence-electron chi connectivity index (χ4n) is 1.92. The highest BCUT2D eigenvalue weighted by atomic mass is 32.2. The molecule has 4 nitrogen and oxygen atoms in total. The maximum atomic E-state index is 13.5. The number of hydrogen-bond acceptors (Lipinski definition) is 3. The lowest BCUT2D eigenvalue weighted by molar-refractivity contribution is 0.593. The van der Waals surface area contributed by atoms with Crippen molar-refractivity contribution < 1.29 is 12.8 Å². The fourth-order valence-corrected chi connectivity index (χ4v) is 3.05. The molecule has 0 aliphatic carbocycles. The standard InChI is InChI=1S/C15H17FN2O2S/c1-9-4-6-12(8-13(9)16)21(19,20)18-14-7-5-10(2)15(17)11(14)3/h4-8,18H,17H2,1-3H3.